The number of aromatic nitrogens is 2. The Bertz CT molecular complexity index is 1310. The summed E-state index contributed by atoms with van der Waals surface area (Å²) in [6.07, 6.45) is 2.09. The van der Waals surface area contributed by atoms with Crippen molar-refractivity contribution in [2.75, 3.05) is 5.32 Å². The van der Waals surface area contributed by atoms with Gasteiger partial charge in [0.1, 0.15) is 15.4 Å². The van der Waals surface area contributed by atoms with E-state index in [-0.39, 0.29) is 5.91 Å². The second kappa shape index (κ2) is 8.50. The van der Waals surface area contributed by atoms with Crippen molar-refractivity contribution >= 4 is 33.3 Å². The summed E-state index contributed by atoms with van der Waals surface area (Å²) in [5, 5.41) is 3.89. The molecule has 5 aromatic rings. The van der Waals surface area contributed by atoms with Gasteiger partial charge in [0.15, 0.2) is 0 Å². The molecule has 0 unspecified atom stereocenters. The predicted octanol–water partition coefficient (Wildman–Crippen LogP) is 6.21. The molecule has 0 spiro atoms. The fourth-order valence-corrected chi connectivity index (χ4v) is 4.36. The van der Waals surface area contributed by atoms with Gasteiger partial charge in [0.25, 0.3) is 0 Å². The lowest BCUT2D eigenvalue weighted by molar-refractivity contribution is -0.115. The van der Waals surface area contributed by atoms with Crippen LogP contribution in [0.4, 0.5) is 5.69 Å². The SMILES string of the molecule is O=C(Cc1ccc(-c2ccccc2)cc1)Nc1cccc(-c2nc3cccnc3s2)c1. The summed E-state index contributed by atoms with van der Waals surface area (Å²) >= 11 is 1.55. The molecular weight excluding hydrogens is 402 g/mol. The highest BCUT2D eigenvalue weighted by atomic mass is 32.1. The van der Waals surface area contributed by atoms with E-state index in [4.69, 9.17) is 0 Å². The number of rotatable bonds is 5. The van der Waals surface area contributed by atoms with Gasteiger partial charge in [-0.3, -0.25) is 4.79 Å². The minimum atomic E-state index is -0.0458. The Morgan fingerprint density at radius 1 is 0.806 bits per heavy atom. The van der Waals surface area contributed by atoms with E-state index in [9.17, 15) is 4.79 Å². The number of carbonyl (C=O) groups excluding carboxylic acids is 1. The zero-order chi connectivity index (χ0) is 21.0. The molecule has 4 nitrogen and oxygen atoms in total. The first-order chi connectivity index (χ1) is 15.2. The first kappa shape index (κ1) is 19.2. The Labute approximate surface area is 184 Å². The topological polar surface area (TPSA) is 54.9 Å². The highest BCUT2D eigenvalue weighted by Crippen LogP contribution is 2.30. The standard InChI is InChI=1S/C26H19N3OS/c30-24(16-18-11-13-20(14-12-18)19-6-2-1-3-7-19)28-22-9-4-8-21(17-22)25-29-23-10-5-15-27-26(23)31-25/h1-15,17H,16H2,(H,28,30). The van der Waals surface area contributed by atoms with Crippen molar-refractivity contribution in [1.29, 1.82) is 0 Å². The first-order valence-corrected chi connectivity index (χ1v) is 10.8. The molecule has 0 aliphatic carbocycles. The summed E-state index contributed by atoms with van der Waals surface area (Å²) in [7, 11) is 0. The van der Waals surface area contributed by atoms with Gasteiger partial charge in [0.2, 0.25) is 5.91 Å². The summed E-state index contributed by atoms with van der Waals surface area (Å²) < 4.78 is 0. The molecule has 0 aliphatic heterocycles. The largest absolute Gasteiger partial charge is 0.326 e. The second-order valence-corrected chi connectivity index (χ2v) is 8.19. The molecule has 3 aromatic carbocycles. The molecule has 31 heavy (non-hydrogen) atoms. The number of pyridine rings is 1. The summed E-state index contributed by atoms with van der Waals surface area (Å²) in [6, 6.07) is 29.9. The van der Waals surface area contributed by atoms with Crippen molar-refractivity contribution in [2.24, 2.45) is 0 Å². The maximum absolute atomic E-state index is 12.6. The van der Waals surface area contributed by atoms with Crippen molar-refractivity contribution in [3.63, 3.8) is 0 Å². The van der Waals surface area contributed by atoms with Crippen LogP contribution in [0.3, 0.4) is 0 Å². The van der Waals surface area contributed by atoms with Crippen LogP contribution in [0.25, 0.3) is 32.0 Å². The van der Waals surface area contributed by atoms with Crippen molar-refractivity contribution in [2.45, 2.75) is 6.42 Å². The van der Waals surface area contributed by atoms with Crippen LogP contribution in [-0.4, -0.2) is 15.9 Å². The molecule has 5 rings (SSSR count). The van der Waals surface area contributed by atoms with Gasteiger partial charge in [0.05, 0.1) is 6.42 Å². The van der Waals surface area contributed by atoms with E-state index in [1.165, 1.54) is 5.56 Å². The average molecular weight is 422 g/mol. The molecule has 0 saturated carbocycles. The van der Waals surface area contributed by atoms with Crippen LogP contribution in [-0.2, 0) is 11.2 Å². The van der Waals surface area contributed by atoms with Crippen molar-refractivity contribution < 1.29 is 4.79 Å². The lowest BCUT2D eigenvalue weighted by Gasteiger charge is -2.08. The number of amides is 1. The van der Waals surface area contributed by atoms with Crippen molar-refractivity contribution in [1.82, 2.24) is 9.97 Å². The second-order valence-electron chi connectivity index (χ2n) is 7.22. The average Bonchev–Trinajstić information content (AvgIpc) is 3.25. The fourth-order valence-electron chi connectivity index (χ4n) is 3.46. The molecule has 2 aromatic heterocycles. The van der Waals surface area contributed by atoms with Gasteiger partial charge < -0.3 is 5.32 Å². The molecule has 150 valence electrons. The van der Waals surface area contributed by atoms with Gasteiger partial charge in [-0.15, -0.1) is 0 Å². The third-order valence-corrected chi connectivity index (χ3v) is 6.01. The Balaban J connectivity index is 1.28. The zero-order valence-electron chi connectivity index (χ0n) is 16.7. The number of hydrogen-bond acceptors (Lipinski definition) is 4. The van der Waals surface area contributed by atoms with Crippen LogP contribution < -0.4 is 5.32 Å². The molecular formula is C26H19N3OS. The van der Waals surface area contributed by atoms with E-state index in [1.807, 2.05) is 66.7 Å². The van der Waals surface area contributed by atoms with Crippen LogP contribution >= 0.6 is 11.3 Å². The summed E-state index contributed by atoms with van der Waals surface area (Å²) in [5.74, 6) is -0.0458. The predicted molar refractivity (Wildman–Crippen MR) is 127 cm³/mol. The highest BCUT2D eigenvalue weighted by Gasteiger charge is 2.09. The molecule has 2 heterocycles. The maximum atomic E-state index is 12.6. The lowest BCUT2D eigenvalue weighted by Crippen LogP contribution is -2.14. The summed E-state index contributed by atoms with van der Waals surface area (Å²) in [6.45, 7) is 0. The Morgan fingerprint density at radius 2 is 1.58 bits per heavy atom. The third-order valence-electron chi connectivity index (χ3n) is 4.99. The maximum Gasteiger partial charge on any atom is 0.228 e. The Hall–Kier alpha value is -3.83. The van der Waals surface area contributed by atoms with E-state index in [0.29, 0.717) is 6.42 Å². The number of anilines is 1. The Kier molecular flexibility index (Phi) is 5.25. The van der Waals surface area contributed by atoms with E-state index >= 15 is 0 Å². The molecule has 0 atom stereocenters. The van der Waals surface area contributed by atoms with E-state index in [1.54, 1.807) is 17.5 Å². The number of hydrogen-bond donors (Lipinski definition) is 1. The third kappa shape index (κ3) is 4.37. The van der Waals surface area contributed by atoms with Gasteiger partial charge in [-0.05, 0) is 41.0 Å². The molecule has 5 heteroatoms. The number of nitrogens with one attached hydrogen (secondary N) is 1. The van der Waals surface area contributed by atoms with Crippen LogP contribution in [0.5, 0.6) is 0 Å². The van der Waals surface area contributed by atoms with Gasteiger partial charge in [-0.2, -0.15) is 0 Å². The number of benzene rings is 3. The minimum absolute atomic E-state index is 0.0458. The van der Waals surface area contributed by atoms with Gasteiger partial charge in [0, 0.05) is 17.4 Å². The lowest BCUT2D eigenvalue weighted by atomic mass is 10.0. The molecule has 0 radical (unpaired) electrons. The molecule has 0 bridgehead atoms. The molecule has 0 saturated heterocycles. The highest BCUT2D eigenvalue weighted by molar-refractivity contribution is 7.21. The Morgan fingerprint density at radius 3 is 2.39 bits per heavy atom. The van der Waals surface area contributed by atoms with Gasteiger partial charge in [-0.25, -0.2) is 9.97 Å². The molecule has 1 amide bonds. The van der Waals surface area contributed by atoms with Crippen molar-refractivity contribution in [3.8, 4) is 21.7 Å². The summed E-state index contributed by atoms with van der Waals surface area (Å²) in [4.78, 5) is 22.5. The minimum Gasteiger partial charge on any atom is -0.326 e. The van der Waals surface area contributed by atoms with E-state index in [2.05, 4.69) is 39.6 Å². The monoisotopic (exact) mass is 421 g/mol. The van der Waals surface area contributed by atoms with Crippen LogP contribution in [0.15, 0.2) is 97.2 Å². The number of fused-ring (bicyclic) bond motifs is 1. The van der Waals surface area contributed by atoms with Crippen LogP contribution in [0.1, 0.15) is 5.56 Å². The molecule has 0 fully saturated rings. The smallest absolute Gasteiger partial charge is 0.228 e. The van der Waals surface area contributed by atoms with Gasteiger partial charge in [-0.1, -0.05) is 78.1 Å². The zero-order valence-corrected chi connectivity index (χ0v) is 17.5. The number of thiazole rings is 1. The quantitative estimate of drug-likeness (QED) is 0.367. The first-order valence-electron chi connectivity index (χ1n) is 10.0. The molecule has 0 aliphatic rings. The van der Waals surface area contributed by atoms with Crippen LogP contribution in [0, 0.1) is 0 Å². The van der Waals surface area contributed by atoms with E-state index in [0.717, 1.165) is 37.7 Å². The fraction of sp³-hybridized carbons (Fsp3) is 0.0385. The van der Waals surface area contributed by atoms with Crippen molar-refractivity contribution in [3.05, 3.63) is 103 Å². The normalized spacial score (nSPS) is 10.8. The molecule has 1 N–H and O–H groups in total. The van der Waals surface area contributed by atoms with E-state index < -0.39 is 0 Å². The van der Waals surface area contributed by atoms with Gasteiger partial charge >= 0.3 is 0 Å². The summed E-state index contributed by atoms with van der Waals surface area (Å²) in [5.41, 5.74) is 5.90. The number of carbonyl (C=O) groups is 1. The van der Waals surface area contributed by atoms with Crippen LogP contribution in [0.2, 0.25) is 0 Å². The number of nitrogens with zero attached hydrogens (tertiary/aromatic N) is 2.